The number of ether oxygens (including phenoxy) is 1. The van der Waals surface area contributed by atoms with Crippen molar-refractivity contribution in [1.29, 1.82) is 0 Å². The molecule has 0 bridgehead atoms. The Labute approximate surface area is 175 Å². The van der Waals surface area contributed by atoms with E-state index in [2.05, 4.69) is 0 Å². The second kappa shape index (κ2) is 8.34. The average Bonchev–Trinajstić information content (AvgIpc) is 2.76. The number of halogens is 1. The van der Waals surface area contributed by atoms with Gasteiger partial charge in [-0.25, -0.2) is 4.39 Å². The largest absolute Gasteiger partial charge is 0.478 e. The maximum atomic E-state index is 14.0. The molecule has 2 amide bonds. The van der Waals surface area contributed by atoms with E-state index >= 15 is 0 Å². The molecule has 2 heterocycles. The molecule has 1 fully saturated rings. The Balaban J connectivity index is 1.46. The predicted molar refractivity (Wildman–Crippen MR) is 113 cm³/mol. The van der Waals surface area contributed by atoms with Gasteiger partial charge in [0.25, 0.3) is 5.91 Å². The third-order valence-corrected chi connectivity index (χ3v) is 5.71. The van der Waals surface area contributed by atoms with E-state index in [4.69, 9.17) is 4.74 Å². The van der Waals surface area contributed by atoms with Crippen molar-refractivity contribution in [2.45, 2.75) is 26.4 Å². The summed E-state index contributed by atoms with van der Waals surface area (Å²) >= 11 is 0. The number of hydrogen-bond donors (Lipinski definition) is 0. The van der Waals surface area contributed by atoms with Crippen LogP contribution in [-0.4, -0.2) is 55.5 Å². The smallest absolute Gasteiger partial charge is 0.268 e. The summed E-state index contributed by atoms with van der Waals surface area (Å²) < 4.78 is 19.9. The molecule has 30 heavy (non-hydrogen) atoms. The first kappa shape index (κ1) is 20.2. The maximum absolute atomic E-state index is 14.0. The quantitative estimate of drug-likeness (QED) is 0.776. The van der Waals surface area contributed by atoms with Crippen molar-refractivity contribution in [1.82, 2.24) is 4.90 Å². The lowest BCUT2D eigenvalue weighted by atomic mass is 10.1. The Morgan fingerprint density at radius 1 is 1.10 bits per heavy atom. The lowest BCUT2D eigenvalue weighted by molar-refractivity contribution is -0.133. The summed E-state index contributed by atoms with van der Waals surface area (Å²) in [7, 11) is 0. The van der Waals surface area contributed by atoms with Gasteiger partial charge in [0.1, 0.15) is 18.1 Å². The molecule has 0 aromatic heterocycles. The standard InChI is InChI=1S/C23H26FN3O3/c1-3-20-23(29)27(19-14-16(2)8-9-21(19)30-20)15-22(28)26-12-10-25(11-13-26)18-7-5-4-6-17(18)24/h4-9,14,20H,3,10-13,15H2,1-2H3/t20-/m0/s1. The van der Waals surface area contributed by atoms with Gasteiger partial charge in [0.2, 0.25) is 5.91 Å². The van der Waals surface area contributed by atoms with Crippen molar-refractivity contribution < 1.29 is 18.7 Å². The highest BCUT2D eigenvalue weighted by atomic mass is 19.1. The number of para-hydroxylation sites is 1. The van der Waals surface area contributed by atoms with Gasteiger partial charge in [-0.2, -0.15) is 0 Å². The Morgan fingerprint density at radius 2 is 1.83 bits per heavy atom. The predicted octanol–water partition coefficient (Wildman–Crippen LogP) is 2.99. The normalized spacial score (nSPS) is 18.8. The van der Waals surface area contributed by atoms with Crippen LogP contribution in [0.5, 0.6) is 5.75 Å². The monoisotopic (exact) mass is 411 g/mol. The molecule has 0 aliphatic carbocycles. The van der Waals surface area contributed by atoms with Crippen LogP contribution in [0.15, 0.2) is 42.5 Å². The maximum Gasteiger partial charge on any atom is 0.268 e. The molecule has 1 saturated heterocycles. The molecule has 0 spiro atoms. The number of rotatable bonds is 4. The van der Waals surface area contributed by atoms with Crippen LogP contribution in [0.1, 0.15) is 18.9 Å². The van der Waals surface area contributed by atoms with E-state index in [-0.39, 0.29) is 24.2 Å². The van der Waals surface area contributed by atoms with Crippen molar-refractivity contribution in [2.24, 2.45) is 0 Å². The molecule has 0 unspecified atom stereocenters. The van der Waals surface area contributed by atoms with E-state index in [1.165, 1.54) is 6.07 Å². The first-order valence-corrected chi connectivity index (χ1v) is 10.3. The molecule has 0 saturated carbocycles. The zero-order valence-corrected chi connectivity index (χ0v) is 17.3. The molecule has 4 rings (SSSR count). The van der Waals surface area contributed by atoms with Gasteiger partial charge in [0.15, 0.2) is 6.10 Å². The summed E-state index contributed by atoms with van der Waals surface area (Å²) in [5, 5.41) is 0. The number of nitrogens with zero attached hydrogens (tertiary/aromatic N) is 3. The second-order valence-electron chi connectivity index (χ2n) is 7.73. The third-order valence-electron chi connectivity index (χ3n) is 5.71. The molecule has 0 radical (unpaired) electrons. The molecule has 2 aliphatic heterocycles. The molecular weight excluding hydrogens is 385 g/mol. The molecule has 158 valence electrons. The minimum absolute atomic E-state index is 0.0190. The van der Waals surface area contributed by atoms with Crippen LogP contribution in [-0.2, 0) is 9.59 Å². The van der Waals surface area contributed by atoms with Gasteiger partial charge in [-0.1, -0.05) is 25.1 Å². The van der Waals surface area contributed by atoms with Crippen molar-refractivity contribution in [3.63, 3.8) is 0 Å². The summed E-state index contributed by atoms with van der Waals surface area (Å²) in [5.41, 5.74) is 2.20. The first-order valence-electron chi connectivity index (χ1n) is 10.3. The zero-order valence-electron chi connectivity index (χ0n) is 17.3. The second-order valence-corrected chi connectivity index (χ2v) is 7.73. The first-order chi connectivity index (χ1) is 14.5. The Kier molecular flexibility index (Phi) is 5.61. The van der Waals surface area contributed by atoms with Gasteiger partial charge in [-0.3, -0.25) is 14.5 Å². The van der Waals surface area contributed by atoms with Crippen LogP contribution in [0, 0.1) is 12.7 Å². The van der Waals surface area contributed by atoms with E-state index < -0.39 is 6.10 Å². The third kappa shape index (κ3) is 3.84. The molecule has 0 N–H and O–H groups in total. The summed E-state index contributed by atoms with van der Waals surface area (Å²) in [6.07, 6.45) is -0.0380. The fourth-order valence-corrected chi connectivity index (χ4v) is 4.00. The Bertz CT molecular complexity index is 956. The number of fused-ring (bicyclic) bond motifs is 1. The van der Waals surface area contributed by atoms with E-state index in [0.717, 1.165) is 5.56 Å². The lowest BCUT2D eigenvalue weighted by Crippen LogP contribution is -2.54. The van der Waals surface area contributed by atoms with Crippen molar-refractivity contribution in [2.75, 3.05) is 42.5 Å². The Morgan fingerprint density at radius 3 is 2.53 bits per heavy atom. The SMILES string of the molecule is CC[C@@H]1Oc2ccc(C)cc2N(CC(=O)N2CCN(c3ccccc3F)CC2)C1=O. The van der Waals surface area contributed by atoms with Crippen molar-refractivity contribution in [3.05, 3.63) is 53.8 Å². The van der Waals surface area contributed by atoms with Crippen molar-refractivity contribution in [3.8, 4) is 5.75 Å². The van der Waals surface area contributed by atoms with Gasteiger partial charge in [-0.05, 0) is 43.2 Å². The Hall–Kier alpha value is -3.09. The minimum Gasteiger partial charge on any atom is -0.478 e. The highest BCUT2D eigenvalue weighted by Crippen LogP contribution is 2.35. The number of piperazine rings is 1. The number of benzene rings is 2. The van der Waals surface area contributed by atoms with E-state index in [1.54, 1.807) is 21.9 Å². The highest BCUT2D eigenvalue weighted by molar-refractivity contribution is 6.04. The average molecular weight is 411 g/mol. The van der Waals surface area contributed by atoms with Crippen LogP contribution in [0.2, 0.25) is 0 Å². The van der Waals surface area contributed by atoms with Gasteiger partial charge in [-0.15, -0.1) is 0 Å². The number of carbonyl (C=O) groups is 2. The fourth-order valence-electron chi connectivity index (χ4n) is 4.00. The van der Waals surface area contributed by atoms with Crippen LogP contribution >= 0.6 is 0 Å². The highest BCUT2D eigenvalue weighted by Gasteiger charge is 2.35. The van der Waals surface area contributed by atoms with Crippen molar-refractivity contribution >= 4 is 23.2 Å². The van der Waals surface area contributed by atoms with Crippen LogP contribution < -0.4 is 14.5 Å². The molecule has 7 heteroatoms. The van der Waals surface area contributed by atoms with Crippen LogP contribution in [0.25, 0.3) is 0 Å². The fraction of sp³-hybridized carbons (Fsp3) is 0.391. The molecule has 6 nitrogen and oxygen atoms in total. The topological polar surface area (TPSA) is 53.1 Å². The van der Waals surface area contributed by atoms with E-state index in [9.17, 15) is 14.0 Å². The van der Waals surface area contributed by atoms with Crippen LogP contribution in [0.4, 0.5) is 15.8 Å². The van der Waals surface area contributed by atoms with E-state index in [1.807, 2.05) is 43.0 Å². The minimum atomic E-state index is -0.578. The summed E-state index contributed by atoms with van der Waals surface area (Å²) in [4.78, 5) is 31.2. The lowest BCUT2D eigenvalue weighted by Gasteiger charge is -2.38. The van der Waals surface area contributed by atoms with Crippen LogP contribution in [0.3, 0.4) is 0 Å². The molecule has 2 aromatic carbocycles. The van der Waals surface area contributed by atoms with Gasteiger partial charge in [0, 0.05) is 26.2 Å². The molecular formula is C23H26FN3O3. The van der Waals surface area contributed by atoms with Gasteiger partial charge < -0.3 is 14.5 Å². The molecule has 2 aliphatic rings. The van der Waals surface area contributed by atoms with Gasteiger partial charge >= 0.3 is 0 Å². The number of amides is 2. The van der Waals surface area contributed by atoms with Gasteiger partial charge in [0.05, 0.1) is 11.4 Å². The van der Waals surface area contributed by atoms with E-state index in [0.29, 0.717) is 49.7 Å². The number of hydrogen-bond acceptors (Lipinski definition) is 4. The molecule has 2 aromatic rings. The summed E-state index contributed by atoms with van der Waals surface area (Å²) in [5.74, 6) is 0.0766. The summed E-state index contributed by atoms with van der Waals surface area (Å²) in [6.45, 7) is 5.90. The summed E-state index contributed by atoms with van der Waals surface area (Å²) in [6, 6.07) is 12.3. The number of anilines is 2. The molecule has 1 atom stereocenters. The number of aryl methyl sites for hydroxylation is 1. The zero-order chi connectivity index (χ0) is 21.3. The number of carbonyl (C=O) groups excluding carboxylic acids is 2.